The van der Waals surface area contributed by atoms with E-state index >= 15 is 0 Å². The van der Waals surface area contributed by atoms with E-state index < -0.39 is 0 Å². The maximum atomic E-state index is 6.21. The Labute approximate surface area is 108 Å². The van der Waals surface area contributed by atoms with Gasteiger partial charge in [0.25, 0.3) is 0 Å². The number of nitrogens with two attached hydrogens (primary N) is 2. The molecule has 0 aromatic heterocycles. The van der Waals surface area contributed by atoms with Gasteiger partial charge in [-0.15, -0.1) is 0 Å². The molecule has 0 bridgehead atoms. The molecule has 1 unspecified atom stereocenters. The number of nitrogens with zero attached hydrogens (tertiary/aromatic N) is 1. The van der Waals surface area contributed by atoms with Crippen LogP contribution in [-0.2, 0) is 0 Å². The van der Waals surface area contributed by atoms with Crippen molar-refractivity contribution in [1.82, 2.24) is 0 Å². The molecular formula is C15H19N3. The molecule has 18 heavy (non-hydrogen) atoms. The van der Waals surface area contributed by atoms with Gasteiger partial charge >= 0.3 is 0 Å². The van der Waals surface area contributed by atoms with Gasteiger partial charge < -0.3 is 16.4 Å². The summed E-state index contributed by atoms with van der Waals surface area (Å²) in [5, 5.41) is 0. The molecule has 0 radical (unpaired) electrons. The Morgan fingerprint density at radius 3 is 2.06 bits per heavy atom. The van der Waals surface area contributed by atoms with E-state index in [1.807, 2.05) is 42.5 Å². The Hall–Kier alpha value is -2.00. The van der Waals surface area contributed by atoms with E-state index in [1.165, 1.54) is 0 Å². The molecule has 0 aliphatic rings. The second-order valence-electron chi connectivity index (χ2n) is 4.27. The van der Waals surface area contributed by atoms with Crippen molar-refractivity contribution in [2.75, 3.05) is 10.6 Å². The van der Waals surface area contributed by atoms with Crippen LogP contribution >= 0.6 is 0 Å². The number of para-hydroxylation sites is 1. The van der Waals surface area contributed by atoms with Crippen molar-refractivity contribution in [3.8, 4) is 0 Å². The molecule has 0 heterocycles. The minimum Gasteiger partial charge on any atom is -0.399 e. The topological polar surface area (TPSA) is 55.3 Å². The van der Waals surface area contributed by atoms with Gasteiger partial charge in [-0.1, -0.05) is 25.1 Å². The van der Waals surface area contributed by atoms with Gasteiger partial charge in [0.15, 0.2) is 0 Å². The lowest BCUT2D eigenvalue weighted by Crippen LogP contribution is -2.38. The monoisotopic (exact) mass is 241 g/mol. The SMILES string of the molecule is CCC(N)N(c1ccccc1)c1ccc(N)cc1. The third-order valence-corrected chi connectivity index (χ3v) is 2.96. The molecule has 1 atom stereocenters. The largest absolute Gasteiger partial charge is 0.399 e. The molecule has 0 spiro atoms. The van der Waals surface area contributed by atoms with E-state index in [0.717, 1.165) is 23.5 Å². The quantitative estimate of drug-likeness (QED) is 0.639. The van der Waals surface area contributed by atoms with Crippen LogP contribution in [0.25, 0.3) is 0 Å². The Balaban J connectivity index is 2.40. The number of nitrogen functional groups attached to an aromatic ring is 1. The van der Waals surface area contributed by atoms with E-state index in [9.17, 15) is 0 Å². The summed E-state index contributed by atoms with van der Waals surface area (Å²) < 4.78 is 0. The first-order valence-corrected chi connectivity index (χ1v) is 6.17. The average molecular weight is 241 g/mol. The summed E-state index contributed by atoms with van der Waals surface area (Å²) in [5.74, 6) is 0. The molecule has 0 saturated carbocycles. The second-order valence-corrected chi connectivity index (χ2v) is 4.27. The van der Waals surface area contributed by atoms with Crippen molar-refractivity contribution in [2.45, 2.75) is 19.5 Å². The van der Waals surface area contributed by atoms with Crippen molar-refractivity contribution in [3.05, 3.63) is 54.6 Å². The van der Waals surface area contributed by atoms with Crippen LogP contribution in [0.1, 0.15) is 13.3 Å². The molecule has 0 aliphatic carbocycles. The summed E-state index contributed by atoms with van der Waals surface area (Å²) in [5.41, 5.74) is 14.9. The zero-order chi connectivity index (χ0) is 13.0. The smallest absolute Gasteiger partial charge is 0.0817 e. The van der Waals surface area contributed by atoms with E-state index in [-0.39, 0.29) is 6.17 Å². The molecule has 2 rings (SSSR count). The van der Waals surface area contributed by atoms with E-state index in [1.54, 1.807) is 0 Å². The third-order valence-electron chi connectivity index (χ3n) is 2.96. The highest BCUT2D eigenvalue weighted by Crippen LogP contribution is 2.27. The van der Waals surface area contributed by atoms with Crippen molar-refractivity contribution < 1.29 is 0 Å². The number of rotatable bonds is 4. The lowest BCUT2D eigenvalue weighted by molar-refractivity contribution is 0.658. The summed E-state index contributed by atoms with van der Waals surface area (Å²) in [6.07, 6.45) is 0.829. The number of hydrogen-bond donors (Lipinski definition) is 2. The zero-order valence-electron chi connectivity index (χ0n) is 10.6. The van der Waals surface area contributed by atoms with Crippen LogP contribution in [0.2, 0.25) is 0 Å². The molecule has 2 aromatic carbocycles. The van der Waals surface area contributed by atoms with Gasteiger partial charge in [-0.25, -0.2) is 0 Å². The molecule has 0 saturated heterocycles. The fourth-order valence-electron chi connectivity index (χ4n) is 1.94. The van der Waals surface area contributed by atoms with Gasteiger partial charge in [0.2, 0.25) is 0 Å². The van der Waals surface area contributed by atoms with Crippen LogP contribution in [0.3, 0.4) is 0 Å². The first-order valence-electron chi connectivity index (χ1n) is 6.17. The highest BCUT2D eigenvalue weighted by molar-refractivity contribution is 5.65. The number of benzene rings is 2. The molecule has 4 N–H and O–H groups in total. The Morgan fingerprint density at radius 2 is 1.50 bits per heavy atom. The lowest BCUT2D eigenvalue weighted by atomic mass is 10.2. The first-order chi connectivity index (χ1) is 8.72. The maximum Gasteiger partial charge on any atom is 0.0817 e. The van der Waals surface area contributed by atoms with Gasteiger partial charge in [0.05, 0.1) is 6.17 Å². The molecule has 3 heteroatoms. The summed E-state index contributed by atoms with van der Waals surface area (Å²) in [7, 11) is 0. The second kappa shape index (κ2) is 5.56. The fraction of sp³-hybridized carbons (Fsp3) is 0.200. The lowest BCUT2D eigenvalue weighted by Gasteiger charge is -2.30. The van der Waals surface area contributed by atoms with E-state index in [2.05, 4.69) is 24.0 Å². The van der Waals surface area contributed by atoms with Crippen LogP contribution < -0.4 is 16.4 Å². The minimum absolute atomic E-state index is 0.0453. The van der Waals surface area contributed by atoms with Gasteiger partial charge in [0, 0.05) is 17.1 Å². The first kappa shape index (κ1) is 12.5. The third kappa shape index (κ3) is 2.63. The highest BCUT2D eigenvalue weighted by Gasteiger charge is 2.14. The summed E-state index contributed by atoms with van der Waals surface area (Å²) in [6, 6.07) is 17.9. The standard InChI is InChI=1S/C15H19N3/c1-2-15(17)18(13-6-4-3-5-7-13)14-10-8-12(16)9-11-14/h3-11,15H,2,16-17H2,1H3. The summed E-state index contributed by atoms with van der Waals surface area (Å²) in [6.45, 7) is 2.08. The molecule has 94 valence electrons. The van der Waals surface area contributed by atoms with Crippen molar-refractivity contribution >= 4 is 17.1 Å². The van der Waals surface area contributed by atoms with E-state index in [0.29, 0.717) is 0 Å². The molecule has 3 nitrogen and oxygen atoms in total. The van der Waals surface area contributed by atoms with Gasteiger partial charge in [-0.3, -0.25) is 0 Å². The number of anilines is 3. The molecule has 0 fully saturated rings. The fourth-order valence-corrected chi connectivity index (χ4v) is 1.94. The van der Waals surface area contributed by atoms with Crippen LogP contribution in [-0.4, -0.2) is 6.17 Å². The Kier molecular flexibility index (Phi) is 3.85. The van der Waals surface area contributed by atoms with Gasteiger partial charge in [0.1, 0.15) is 0 Å². The predicted molar refractivity (Wildman–Crippen MR) is 77.7 cm³/mol. The summed E-state index contributed by atoms with van der Waals surface area (Å²) in [4.78, 5) is 2.12. The van der Waals surface area contributed by atoms with Crippen LogP contribution in [0.15, 0.2) is 54.6 Å². The minimum atomic E-state index is -0.0453. The Bertz CT molecular complexity index is 479. The predicted octanol–water partition coefficient (Wildman–Crippen LogP) is 3.10. The average Bonchev–Trinajstić information content (AvgIpc) is 2.42. The molecule has 0 aliphatic heterocycles. The summed E-state index contributed by atoms with van der Waals surface area (Å²) >= 11 is 0. The Morgan fingerprint density at radius 1 is 0.944 bits per heavy atom. The highest BCUT2D eigenvalue weighted by atomic mass is 15.2. The number of hydrogen-bond acceptors (Lipinski definition) is 3. The van der Waals surface area contributed by atoms with Crippen LogP contribution in [0.5, 0.6) is 0 Å². The maximum absolute atomic E-state index is 6.21. The van der Waals surface area contributed by atoms with Crippen molar-refractivity contribution in [2.24, 2.45) is 5.73 Å². The van der Waals surface area contributed by atoms with Gasteiger partial charge in [-0.2, -0.15) is 0 Å². The van der Waals surface area contributed by atoms with Crippen molar-refractivity contribution in [1.29, 1.82) is 0 Å². The molecule has 0 amide bonds. The van der Waals surface area contributed by atoms with Crippen LogP contribution in [0.4, 0.5) is 17.1 Å². The normalized spacial score (nSPS) is 12.1. The van der Waals surface area contributed by atoms with Crippen molar-refractivity contribution in [3.63, 3.8) is 0 Å². The van der Waals surface area contributed by atoms with Gasteiger partial charge in [-0.05, 0) is 42.8 Å². The molecular weight excluding hydrogens is 222 g/mol. The van der Waals surface area contributed by atoms with Crippen LogP contribution in [0, 0.1) is 0 Å². The van der Waals surface area contributed by atoms with E-state index in [4.69, 9.17) is 11.5 Å². The zero-order valence-corrected chi connectivity index (χ0v) is 10.6. The molecule has 2 aromatic rings.